The minimum absolute atomic E-state index is 0.0126. The van der Waals surface area contributed by atoms with Gasteiger partial charge in [0, 0.05) is 25.7 Å². The van der Waals surface area contributed by atoms with Gasteiger partial charge in [-0.25, -0.2) is 9.97 Å². The van der Waals surface area contributed by atoms with Crippen LogP contribution in [0.25, 0.3) is 11.1 Å². The third-order valence-corrected chi connectivity index (χ3v) is 6.05. The smallest absolute Gasteiger partial charge is 0.245 e. The molecular formula is C28H33N5O2. The number of rotatable bonds is 9. The Morgan fingerprint density at radius 2 is 1.71 bits per heavy atom. The van der Waals surface area contributed by atoms with Gasteiger partial charge in [-0.3, -0.25) is 4.79 Å². The van der Waals surface area contributed by atoms with Crippen molar-refractivity contribution in [2.45, 2.75) is 32.7 Å². The predicted molar refractivity (Wildman–Crippen MR) is 141 cm³/mol. The summed E-state index contributed by atoms with van der Waals surface area (Å²) in [7, 11) is 0. The quantitative estimate of drug-likeness (QED) is 0.396. The molecular weight excluding hydrogens is 438 g/mol. The predicted octanol–water partition coefficient (Wildman–Crippen LogP) is 5.59. The Labute approximate surface area is 207 Å². The first-order chi connectivity index (χ1) is 17.0. The van der Waals surface area contributed by atoms with Gasteiger partial charge in [-0.2, -0.15) is 0 Å². The highest BCUT2D eigenvalue weighted by atomic mass is 16.5. The minimum Gasteiger partial charge on any atom is -0.457 e. The van der Waals surface area contributed by atoms with Gasteiger partial charge in [0.05, 0.1) is 5.56 Å². The lowest BCUT2D eigenvalue weighted by Gasteiger charge is -2.31. The number of nitrogens with one attached hydrogen (secondary N) is 2. The van der Waals surface area contributed by atoms with Crippen LogP contribution in [0.3, 0.4) is 0 Å². The Bertz CT molecular complexity index is 1120. The van der Waals surface area contributed by atoms with E-state index in [4.69, 9.17) is 4.74 Å². The molecule has 0 saturated carbocycles. The number of carbonyl (C=O) groups is 1. The molecule has 0 radical (unpaired) electrons. The van der Waals surface area contributed by atoms with Crippen LogP contribution in [0.4, 0.5) is 11.6 Å². The van der Waals surface area contributed by atoms with E-state index < -0.39 is 0 Å². The van der Waals surface area contributed by atoms with Crippen molar-refractivity contribution in [3.05, 3.63) is 73.6 Å². The van der Waals surface area contributed by atoms with E-state index in [0.29, 0.717) is 5.92 Å². The zero-order valence-corrected chi connectivity index (χ0v) is 20.4. The molecule has 182 valence electrons. The SMILES string of the molecule is C=CC(=O)N1CCC(CNc2ncnc(NC(C)C)c2-c2ccc(Oc3ccccc3)cc2)CC1. The molecule has 1 fully saturated rings. The number of amides is 1. The lowest BCUT2D eigenvalue weighted by molar-refractivity contribution is -0.127. The molecule has 35 heavy (non-hydrogen) atoms. The summed E-state index contributed by atoms with van der Waals surface area (Å²) >= 11 is 0. The van der Waals surface area contributed by atoms with E-state index in [1.54, 1.807) is 6.33 Å². The normalized spacial score (nSPS) is 14.0. The first kappa shape index (κ1) is 24.3. The van der Waals surface area contributed by atoms with Gasteiger partial charge < -0.3 is 20.3 Å². The van der Waals surface area contributed by atoms with Crippen molar-refractivity contribution >= 4 is 17.5 Å². The fourth-order valence-corrected chi connectivity index (χ4v) is 4.22. The van der Waals surface area contributed by atoms with Crippen LogP contribution in [0.2, 0.25) is 0 Å². The van der Waals surface area contributed by atoms with Gasteiger partial charge >= 0.3 is 0 Å². The first-order valence-corrected chi connectivity index (χ1v) is 12.1. The van der Waals surface area contributed by atoms with Crippen LogP contribution >= 0.6 is 0 Å². The van der Waals surface area contributed by atoms with Gasteiger partial charge in [0.25, 0.3) is 0 Å². The summed E-state index contributed by atoms with van der Waals surface area (Å²) < 4.78 is 5.96. The number of anilines is 2. The van der Waals surface area contributed by atoms with Gasteiger partial charge in [-0.15, -0.1) is 0 Å². The molecule has 0 spiro atoms. The Morgan fingerprint density at radius 1 is 1.06 bits per heavy atom. The summed E-state index contributed by atoms with van der Waals surface area (Å²) in [6, 6.07) is 18.0. The molecule has 2 aromatic carbocycles. The number of para-hydroxylation sites is 1. The summed E-state index contributed by atoms with van der Waals surface area (Å²) in [5.41, 5.74) is 1.94. The van der Waals surface area contributed by atoms with Gasteiger partial charge in [-0.05, 0) is 68.5 Å². The molecule has 1 saturated heterocycles. The number of nitrogens with zero attached hydrogens (tertiary/aromatic N) is 3. The monoisotopic (exact) mass is 471 g/mol. The Kier molecular flexibility index (Phi) is 7.98. The molecule has 0 atom stereocenters. The average molecular weight is 472 g/mol. The molecule has 1 aliphatic rings. The van der Waals surface area contributed by atoms with Crippen molar-refractivity contribution < 1.29 is 9.53 Å². The summed E-state index contributed by atoms with van der Waals surface area (Å²) in [4.78, 5) is 22.8. The second kappa shape index (κ2) is 11.5. The van der Waals surface area contributed by atoms with Gasteiger partial charge in [0.15, 0.2) is 0 Å². The van der Waals surface area contributed by atoms with E-state index in [9.17, 15) is 4.79 Å². The van der Waals surface area contributed by atoms with Crippen molar-refractivity contribution in [1.29, 1.82) is 0 Å². The van der Waals surface area contributed by atoms with Crippen molar-refractivity contribution in [3.8, 4) is 22.6 Å². The van der Waals surface area contributed by atoms with E-state index in [1.807, 2.05) is 59.5 Å². The van der Waals surface area contributed by atoms with Crippen LogP contribution in [0.1, 0.15) is 26.7 Å². The topological polar surface area (TPSA) is 79.4 Å². The van der Waals surface area contributed by atoms with Crippen LogP contribution in [0.15, 0.2) is 73.6 Å². The molecule has 1 aliphatic heterocycles. The molecule has 1 amide bonds. The van der Waals surface area contributed by atoms with Crippen molar-refractivity contribution in [3.63, 3.8) is 0 Å². The van der Waals surface area contributed by atoms with Crippen molar-refractivity contribution in [1.82, 2.24) is 14.9 Å². The highest BCUT2D eigenvalue weighted by Crippen LogP contribution is 2.35. The Balaban J connectivity index is 1.51. The number of carbonyl (C=O) groups excluding carboxylic acids is 1. The number of hydrogen-bond acceptors (Lipinski definition) is 6. The van der Waals surface area contributed by atoms with Gasteiger partial charge in [-0.1, -0.05) is 36.9 Å². The number of aromatic nitrogens is 2. The number of benzene rings is 2. The standard InChI is InChI=1S/C28H33N5O2/c1-4-25(34)33-16-14-21(15-17-33)18-29-27-26(28(31-19-30-27)32-20(2)3)22-10-12-24(13-11-22)35-23-8-6-5-7-9-23/h4-13,19-21H,1,14-18H2,2-3H3,(H2,29,30,31,32). The second-order valence-electron chi connectivity index (χ2n) is 9.04. The molecule has 0 aliphatic carbocycles. The lowest BCUT2D eigenvalue weighted by atomic mass is 9.96. The number of hydrogen-bond donors (Lipinski definition) is 2. The molecule has 2 heterocycles. The summed E-state index contributed by atoms with van der Waals surface area (Å²) in [6.07, 6.45) is 4.89. The summed E-state index contributed by atoms with van der Waals surface area (Å²) in [5, 5.41) is 7.02. The zero-order chi connectivity index (χ0) is 24.6. The average Bonchev–Trinajstić information content (AvgIpc) is 2.88. The second-order valence-corrected chi connectivity index (χ2v) is 9.04. The highest BCUT2D eigenvalue weighted by Gasteiger charge is 2.22. The van der Waals surface area contributed by atoms with Crippen molar-refractivity contribution in [2.24, 2.45) is 5.92 Å². The highest BCUT2D eigenvalue weighted by molar-refractivity contribution is 5.87. The fraction of sp³-hybridized carbons (Fsp3) is 0.321. The maximum Gasteiger partial charge on any atom is 0.245 e. The molecule has 1 aromatic heterocycles. The molecule has 0 unspecified atom stereocenters. The van der Waals surface area contributed by atoms with E-state index >= 15 is 0 Å². The Hall–Kier alpha value is -3.87. The maximum absolute atomic E-state index is 11.9. The van der Waals surface area contributed by atoms with E-state index in [-0.39, 0.29) is 11.9 Å². The van der Waals surface area contributed by atoms with Gasteiger partial charge in [0.1, 0.15) is 29.5 Å². The molecule has 4 rings (SSSR count). The zero-order valence-electron chi connectivity index (χ0n) is 20.4. The molecule has 7 heteroatoms. The number of ether oxygens (including phenoxy) is 1. The van der Waals surface area contributed by atoms with Crippen LogP contribution in [0, 0.1) is 5.92 Å². The molecule has 2 N–H and O–H groups in total. The third kappa shape index (κ3) is 6.38. The Morgan fingerprint density at radius 3 is 2.37 bits per heavy atom. The number of piperidine rings is 1. The van der Waals surface area contributed by atoms with Gasteiger partial charge in [0.2, 0.25) is 5.91 Å². The summed E-state index contributed by atoms with van der Waals surface area (Å²) in [5.74, 6) is 3.64. The minimum atomic E-state index is 0.0126. The molecule has 3 aromatic rings. The van der Waals surface area contributed by atoms with Crippen molar-refractivity contribution in [2.75, 3.05) is 30.3 Å². The fourth-order valence-electron chi connectivity index (χ4n) is 4.22. The lowest BCUT2D eigenvalue weighted by Crippen LogP contribution is -2.39. The van der Waals surface area contributed by atoms with E-state index in [1.165, 1.54) is 6.08 Å². The number of likely N-dealkylation sites (tertiary alicyclic amines) is 1. The first-order valence-electron chi connectivity index (χ1n) is 12.1. The largest absolute Gasteiger partial charge is 0.457 e. The van der Waals surface area contributed by atoms with E-state index in [2.05, 4.69) is 41.0 Å². The maximum atomic E-state index is 11.9. The molecule has 7 nitrogen and oxygen atoms in total. The van der Waals surface area contributed by atoms with E-state index in [0.717, 1.165) is 66.7 Å². The molecule has 0 bridgehead atoms. The van der Waals surface area contributed by atoms with Crippen LogP contribution < -0.4 is 15.4 Å². The van der Waals surface area contributed by atoms with Crippen LogP contribution in [-0.2, 0) is 4.79 Å². The third-order valence-electron chi connectivity index (χ3n) is 6.05. The summed E-state index contributed by atoms with van der Waals surface area (Å²) in [6.45, 7) is 10.1. The van der Waals surface area contributed by atoms with Crippen LogP contribution in [0.5, 0.6) is 11.5 Å². The van der Waals surface area contributed by atoms with Crippen LogP contribution in [-0.4, -0.2) is 46.5 Å².